The van der Waals surface area contributed by atoms with E-state index < -0.39 is 17.7 Å². The Hall–Kier alpha value is -4.13. The van der Waals surface area contributed by atoms with E-state index in [0.717, 1.165) is 0 Å². The number of hydrogen-bond donors (Lipinski definition) is 1. The van der Waals surface area contributed by atoms with E-state index in [1.165, 1.54) is 4.90 Å². The first-order chi connectivity index (χ1) is 16.9. The summed E-state index contributed by atoms with van der Waals surface area (Å²) in [4.78, 5) is 32.1. The molecule has 1 aliphatic heterocycles. The number of carbonyl (C=O) groups is 2. The number of aliphatic hydroxyl groups is 1. The molecule has 1 atom stereocenters. The quantitative estimate of drug-likeness (QED) is 0.277. The third-order valence-corrected chi connectivity index (χ3v) is 5.56. The van der Waals surface area contributed by atoms with Crippen LogP contribution in [0, 0.1) is 5.92 Å². The van der Waals surface area contributed by atoms with Crippen LogP contribution >= 0.6 is 0 Å². The molecule has 1 unspecified atom stereocenters. The van der Waals surface area contributed by atoms with Crippen molar-refractivity contribution in [3.63, 3.8) is 0 Å². The van der Waals surface area contributed by atoms with Crippen molar-refractivity contribution in [2.75, 3.05) is 18.1 Å². The Bertz CT molecular complexity index is 1240. The molecule has 0 radical (unpaired) electrons. The van der Waals surface area contributed by atoms with Crippen LogP contribution in [0.4, 0.5) is 5.69 Å². The summed E-state index contributed by atoms with van der Waals surface area (Å²) in [7, 11) is 0. The number of rotatable bonds is 8. The SMILES string of the molecule is CCOc1cccc(N2C(=O)C(=O)/C(=C(/O)c3ccc(OCC(C)C)cc3)C2c2cccnc2)c1. The Labute approximate surface area is 204 Å². The second kappa shape index (κ2) is 10.4. The molecule has 180 valence electrons. The third-order valence-electron chi connectivity index (χ3n) is 5.56. The van der Waals surface area contributed by atoms with Crippen molar-refractivity contribution in [2.24, 2.45) is 5.92 Å². The molecule has 35 heavy (non-hydrogen) atoms. The minimum atomic E-state index is -0.850. The molecule has 1 aromatic heterocycles. The van der Waals surface area contributed by atoms with Crippen LogP contribution in [-0.4, -0.2) is 35.0 Å². The molecule has 4 rings (SSSR count). The lowest BCUT2D eigenvalue weighted by Gasteiger charge is -2.25. The highest BCUT2D eigenvalue weighted by molar-refractivity contribution is 6.51. The van der Waals surface area contributed by atoms with Crippen LogP contribution in [0.1, 0.15) is 37.9 Å². The van der Waals surface area contributed by atoms with Crippen LogP contribution in [0.15, 0.2) is 78.6 Å². The number of pyridine rings is 1. The Balaban J connectivity index is 1.79. The van der Waals surface area contributed by atoms with E-state index >= 15 is 0 Å². The maximum atomic E-state index is 13.3. The number of aromatic nitrogens is 1. The van der Waals surface area contributed by atoms with Gasteiger partial charge in [0.15, 0.2) is 0 Å². The lowest BCUT2D eigenvalue weighted by atomic mass is 9.96. The topological polar surface area (TPSA) is 89.0 Å². The fourth-order valence-electron chi connectivity index (χ4n) is 3.97. The lowest BCUT2D eigenvalue weighted by Crippen LogP contribution is -2.29. The molecule has 1 amide bonds. The molecule has 2 aromatic carbocycles. The second-order valence-electron chi connectivity index (χ2n) is 8.62. The molecule has 1 aliphatic rings. The molecule has 1 fully saturated rings. The van der Waals surface area contributed by atoms with Crippen LogP contribution in [0.25, 0.3) is 5.76 Å². The van der Waals surface area contributed by atoms with Crippen LogP contribution in [0.2, 0.25) is 0 Å². The fraction of sp³-hybridized carbons (Fsp3) is 0.250. The zero-order chi connectivity index (χ0) is 24.9. The number of benzene rings is 2. The molecular formula is C28H28N2O5. The number of ether oxygens (including phenoxy) is 2. The first-order valence-corrected chi connectivity index (χ1v) is 11.6. The zero-order valence-electron chi connectivity index (χ0n) is 20.0. The van der Waals surface area contributed by atoms with Gasteiger partial charge < -0.3 is 14.6 Å². The predicted molar refractivity (Wildman–Crippen MR) is 133 cm³/mol. The van der Waals surface area contributed by atoms with Gasteiger partial charge in [-0.25, -0.2) is 0 Å². The smallest absolute Gasteiger partial charge is 0.300 e. The molecule has 2 heterocycles. The maximum Gasteiger partial charge on any atom is 0.300 e. The van der Waals surface area contributed by atoms with Gasteiger partial charge in [-0.05, 0) is 60.9 Å². The summed E-state index contributed by atoms with van der Waals surface area (Å²) < 4.78 is 11.3. The van der Waals surface area contributed by atoms with Crippen molar-refractivity contribution in [3.8, 4) is 11.5 Å². The molecule has 0 bridgehead atoms. The Kier molecular flexibility index (Phi) is 7.15. The summed E-state index contributed by atoms with van der Waals surface area (Å²) in [5.41, 5.74) is 1.51. The predicted octanol–water partition coefficient (Wildman–Crippen LogP) is 5.14. The van der Waals surface area contributed by atoms with Gasteiger partial charge in [0, 0.05) is 29.7 Å². The number of ketones is 1. The van der Waals surface area contributed by atoms with Crippen molar-refractivity contribution in [2.45, 2.75) is 26.8 Å². The van der Waals surface area contributed by atoms with Gasteiger partial charge in [-0.2, -0.15) is 0 Å². The number of aliphatic hydroxyl groups excluding tert-OH is 1. The van der Waals surface area contributed by atoms with E-state index in [1.807, 2.05) is 6.92 Å². The van der Waals surface area contributed by atoms with Crippen molar-refractivity contribution < 1.29 is 24.2 Å². The average molecular weight is 473 g/mol. The number of anilines is 1. The summed E-state index contributed by atoms with van der Waals surface area (Å²) in [6.45, 7) is 7.01. The van der Waals surface area contributed by atoms with Gasteiger partial charge in [0.2, 0.25) is 0 Å². The van der Waals surface area contributed by atoms with Gasteiger partial charge in [0.25, 0.3) is 11.7 Å². The standard InChI is InChI=1S/C28H28N2O5/c1-4-34-23-9-5-8-21(15-23)30-25(20-7-6-14-29-16-20)24(27(32)28(30)33)26(31)19-10-12-22(13-11-19)35-17-18(2)3/h5-16,18,25,31H,4,17H2,1-3H3/b26-24+. The van der Waals surface area contributed by atoms with Crippen molar-refractivity contribution >= 4 is 23.1 Å². The number of nitrogens with zero attached hydrogens (tertiary/aromatic N) is 2. The van der Waals surface area contributed by atoms with Crippen LogP contribution < -0.4 is 14.4 Å². The van der Waals surface area contributed by atoms with E-state index in [4.69, 9.17) is 9.47 Å². The van der Waals surface area contributed by atoms with Crippen molar-refractivity contribution in [3.05, 3.63) is 89.8 Å². The number of Topliss-reactive ketones (excluding diaryl/α,β-unsaturated/α-hetero) is 1. The highest BCUT2D eigenvalue weighted by atomic mass is 16.5. The normalized spacial score (nSPS) is 17.1. The largest absolute Gasteiger partial charge is 0.507 e. The monoisotopic (exact) mass is 472 g/mol. The molecule has 0 saturated carbocycles. The number of hydrogen-bond acceptors (Lipinski definition) is 6. The molecule has 0 aliphatic carbocycles. The summed E-state index contributed by atoms with van der Waals surface area (Å²) in [5.74, 6) is -0.138. The van der Waals surface area contributed by atoms with E-state index in [0.29, 0.717) is 47.4 Å². The van der Waals surface area contributed by atoms with Crippen LogP contribution in [-0.2, 0) is 9.59 Å². The van der Waals surface area contributed by atoms with Crippen LogP contribution in [0.5, 0.6) is 11.5 Å². The second-order valence-corrected chi connectivity index (χ2v) is 8.62. The highest BCUT2D eigenvalue weighted by Crippen LogP contribution is 2.42. The van der Waals surface area contributed by atoms with Crippen molar-refractivity contribution in [1.29, 1.82) is 0 Å². The lowest BCUT2D eigenvalue weighted by molar-refractivity contribution is -0.132. The Morgan fingerprint density at radius 3 is 2.46 bits per heavy atom. The summed E-state index contributed by atoms with van der Waals surface area (Å²) in [6, 6.07) is 16.5. The minimum absolute atomic E-state index is 0.000613. The highest BCUT2D eigenvalue weighted by Gasteiger charge is 2.47. The van der Waals surface area contributed by atoms with E-state index in [9.17, 15) is 14.7 Å². The first-order valence-electron chi connectivity index (χ1n) is 11.6. The van der Waals surface area contributed by atoms with Gasteiger partial charge >= 0.3 is 0 Å². The van der Waals surface area contributed by atoms with Crippen molar-refractivity contribution in [1.82, 2.24) is 4.98 Å². The molecule has 0 spiro atoms. The number of carbonyl (C=O) groups excluding carboxylic acids is 2. The van der Waals surface area contributed by atoms with Gasteiger partial charge in [0.05, 0.1) is 24.8 Å². The number of amides is 1. The van der Waals surface area contributed by atoms with Gasteiger partial charge in [0.1, 0.15) is 17.3 Å². The van der Waals surface area contributed by atoms with Gasteiger partial charge in [-0.3, -0.25) is 19.5 Å². The Morgan fingerprint density at radius 1 is 1.03 bits per heavy atom. The average Bonchev–Trinajstić information content (AvgIpc) is 3.14. The first kappa shape index (κ1) is 24.0. The summed E-state index contributed by atoms with van der Waals surface area (Å²) in [6.07, 6.45) is 3.20. The summed E-state index contributed by atoms with van der Waals surface area (Å²) in [5, 5.41) is 11.2. The zero-order valence-corrected chi connectivity index (χ0v) is 20.0. The molecule has 1 saturated heterocycles. The van der Waals surface area contributed by atoms with Gasteiger partial charge in [-0.1, -0.05) is 26.0 Å². The van der Waals surface area contributed by atoms with E-state index in [2.05, 4.69) is 18.8 Å². The van der Waals surface area contributed by atoms with Crippen LogP contribution in [0.3, 0.4) is 0 Å². The minimum Gasteiger partial charge on any atom is -0.507 e. The molecule has 7 heteroatoms. The fourth-order valence-corrected chi connectivity index (χ4v) is 3.97. The van der Waals surface area contributed by atoms with Gasteiger partial charge in [-0.15, -0.1) is 0 Å². The molecular weight excluding hydrogens is 444 g/mol. The van der Waals surface area contributed by atoms with E-state index in [1.54, 1.807) is 73.1 Å². The third kappa shape index (κ3) is 5.04. The summed E-state index contributed by atoms with van der Waals surface area (Å²) >= 11 is 0. The molecule has 3 aromatic rings. The molecule has 1 N–H and O–H groups in total. The molecule has 7 nitrogen and oxygen atoms in total. The van der Waals surface area contributed by atoms with E-state index in [-0.39, 0.29) is 11.3 Å². The maximum absolute atomic E-state index is 13.3. The Morgan fingerprint density at radius 2 is 1.80 bits per heavy atom.